The predicted molar refractivity (Wildman–Crippen MR) is 63.8 cm³/mol. The maximum absolute atomic E-state index is 10.6. The number of benzene rings is 1. The van der Waals surface area contributed by atoms with E-state index in [0.29, 0.717) is 5.52 Å². The van der Waals surface area contributed by atoms with Gasteiger partial charge in [-0.15, -0.1) is 0 Å². The highest BCUT2D eigenvalue weighted by Crippen LogP contribution is 2.25. The summed E-state index contributed by atoms with van der Waals surface area (Å²) in [5.41, 5.74) is 1.67. The number of non-ortho nitro benzene ring substituents is 1. The Hall–Kier alpha value is -1.56. The molecule has 0 N–H and O–H groups in total. The number of hydrogen-bond donors (Lipinski definition) is 0. The number of rotatable bonds is 3. The lowest BCUT2D eigenvalue weighted by Gasteiger charge is -1.98. The Morgan fingerprint density at radius 1 is 1.56 bits per heavy atom. The average Bonchev–Trinajstić information content (AvgIpc) is 2.56. The van der Waals surface area contributed by atoms with E-state index < -0.39 is 4.92 Å². The van der Waals surface area contributed by atoms with Crippen molar-refractivity contribution in [1.29, 1.82) is 0 Å². The Balaban J connectivity index is 2.58. The van der Waals surface area contributed by atoms with Crippen LogP contribution in [-0.2, 0) is 7.05 Å². The molecule has 0 atom stereocenters. The molecule has 0 amide bonds. The number of fused-ring (bicyclic) bond motifs is 1. The van der Waals surface area contributed by atoms with E-state index >= 15 is 0 Å². The van der Waals surface area contributed by atoms with Gasteiger partial charge >= 0.3 is 0 Å². The van der Waals surface area contributed by atoms with Crippen LogP contribution in [0.5, 0.6) is 0 Å². The molecular formula is C10H11N3O2S. The van der Waals surface area contributed by atoms with Crippen LogP contribution in [0.4, 0.5) is 5.69 Å². The number of nitro groups is 1. The number of nitrogens with zero attached hydrogens (tertiary/aromatic N) is 3. The molecule has 16 heavy (non-hydrogen) atoms. The van der Waals surface area contributed by atoms with Crippen LogP contribution in [0.15, 0.2) is 23.4 Å². The van der Waals surface area contributed by atoms with Crippen molar-refractivity contribution in [2.75, 3.05) is 5.75 Å². The quantitative estimate of drug-likeness (QED) is 0.467. The molecule has 2 aromatic rings. The Bertz CT molecular complexity index is 550. The Morgan fingerprint density at radius 3 is 2.94 bits per heavy atom. The van der Waals surface area contributed by atoms with Crippen LogP contribution < -0.4 is 0 Å². The van der Waals surface area contributed by atoms with Crippen LogP contribution in [0.25, 0.3) is 11.0 Å². The van der Waals surface area contributed by atoms with Crippen molar-refractivity contribution < 1.29 is 4.92 Å². The van der Waals surface area contributed by atoms with Gasteiger partial charge in [-0.2, -0.15) is 0 Å². The molecule has 2 rings (SSSR count). The van der Waals surface area contributed by atoms with Gasteiger partial charge in [-0.1, -0.05) is 18.7 Å². The summed E-state index contributed by atoms with van der Waals surface area (Å²) in [5.74, 6) is 0.930. The van der Waals surface area contributed by atoms with Crippen LogP contribution in [0.3, 0.4) is 0 Å². The second kappa shape index (κ2) is 4.13. The molecule has 84 valence electrons. The minimum absolute atomic E-state index is 0.0821. The summed E-state index contributed by atoms with van der Waals surface area (Å²) in [6.07, 6.45) is 0. The Kier molecular flexibility index (Phi) is 2.82. The molecule has 0 aliphatic rings. The fraction of sp³-hybridized carbons (Fsp3) is 0.300. The normalized spacial score (nSPS) is 10.9. The molecule has 0 radical (unpaired) electrons. The first-order valence-electron chi connectivity index (χ1n) is 4.87. The lowest BCUT2D eigenvalue weighted by atomic mass is 10.3. The molecule has 0 aliphatic heterocycles. The summed E-state index contributed by atoms with van der Waals surface area (Å²) in [7, 11) is 1.92. The molecule has 0 saturated heterocycles. The first kappa shape index (κ1) is 10.9. The summed E-state index contributed by atoms with van der Waals surface area (Å²) in [4.78, 5) is 14.6. The van der Waals surface area contributed by atoms with Gasteiger partial charge in [0.15, 0.2) is 5.16 Å². The van der Waals surface area contributed by atoms with Crippen molar-refractivity contribution in [1.82, 2.24) is 9.55 Å². The molecule has 0 fully saturated rings. The van der Waals surface area contributed by atoms with Gasteiger partial charge in [0.1, 0.15) is 0 Å². The maximum Gasteiger partial charge on any atom is 0.271 e. The zero-order chi connectivity index (χ0) is 11.7. The summed E-state index contributed by atoms with van der Waals surface area (Å²) in [6, 6.07) is 4.75. The SMILES string of the molecule is CCSc1nc2cc([N+](=O)[O-])ccc2n1C. The van der Waals surface area contributed by atoms with Crippen LogP contribution >= 0.6 is 11.8 Å². The smallest absolute Gasteiger partial charge is 0.271 e. The zero-order valence-corrected chi connectivity index (χ0v) is 9.82. The van der Waals surface area contributed by atoms with Gasteiger partial charge < -0.3 is 4.57 Å². The lowest BCUT2D eigenvalue weighted by molar-refractivity contribution is -0.384. The second-order valence-corrected chi connectivity index (χ2v) is 4.55. The van der Waals surface area contributed by atoms with Crippen molar-refractivity contribution in [2.24, 2.45) is 7.05 Å². The van der Waals surface area contributed by atoms with E-state index in [1.165, 1.54) is 12.1 Å². The van der Waals surface area contributed by atoms with Crippen LogP contribution in [0, 0.1) is 10.1 Å². The standard InChI is InChI=1S/C10H11N3O2S/c1-3-16-10-11-8-6-7(13(14)15)4-5-9(8)12(10)2/h4-6H,3H2,1-2H3. The molecule has 0 aliphatic carbocycles. The van der Waals surface area contributed by atoms with Gasteiger partial charge in [0.2, 0.25) is 0 Å². The molecule has 0 spiro atoms. The molecule has 1 aromatic carbocycles. The number of aromatic nitrogens is 2. The molecule has 0 bridgehead atoms. The van der Waals surface area contributed by atoms with Crippen molar-refractivity contribution in [3.05, 3.63) is 28.3 Å². The minimum atomic E-state index is -0.402. The number of imidazole rings is 1. The Labute approximate surface area is 96.6 Å². The molecule has 6 heteroatoms. The van der Waals surface area contributed by atoms with Crippen molar-refractivity contribution in [2.45, 2.75) is 12.1 Å². The molecule has 5 nitrogen and oxygen atoms in total. The zero-order valence-electron chi connectivity index (χ0n) is 9.01. The second-order valence-electron chi connectivity index (χ2n) is 3.32. The Morgan fingerprint density at radius 2 is 2.31 bits per heavy atom. The topological polar surface area (TPSA) is 61.0 Å². The molecular weight excluding hydrogens is 226 g/mol. The third kappa shape index (κ3) is 1.76. The third-order valence-corrected chi connectivity index (χ3v) is 3.22. The minimum Gasteiger partial charge on any atom is -0.322 e. The first-order chi connectivity index (χ1) is 7.63. The van der Waals surface area contributed by atoms with E-state index in [9.17, 15) is 10.1 Å². The van der Waals surface area contributed by atoms with Gasteiger partial charge in [0, 0.05) is 19.2 Å². The summed E-state index contributed by atoms with van der Waals surface area (Å²) in [5, 5.41) is 11.5. The molecule has 1 heterocycles. The fourth-order valence-electron chi connectivity index (χ4n) is 1.54. The predicted octanol–water partition coefficient (Wildman–Crippen LogP) is 2.59. The van der Waals surface area contributed by atoms with Crippen LogP contribution in [0.2, 0.25) is 0 Å². The summed E-state index contributed by atoms with van der Waals surface area (Å²) < 4.78 is 1.95. The van der Waals surface area contributed by atoms with Gasteiger partial charge in [0.25, 0.3) is 5.69 Å². The van der Waals surface area contributed by atoms with Gasteiger partial charge in [0.05, 0.1) is 16.0 Å². The van der Waals surface area contributed by atoms with Gasteiger partial charge in [-0.25, -0.2) is 4.98 Å². The van der Waals surface area contributed by atoms with E-state index in [2.05, 4.69) is 4.98 Å². The maximum atomic E-state index is 10.6. The van der Waals surface area contributed by atoms with Crippen LogP contribution in [0.1, 0.15) is 6.92 Å². The molecule has 0 unspecified atom stereocenters. The van der Waals surface area contributed by atoms with Gasteiger partial charge in [-0.05, 0) is 11.8 Å². The highest BCUT2D eigenvalue weighted by molar-refractivity contribution is 7.99. The third-order valence-electron chi connectivity index (χ3n) is 2.31. The monoisotopic (exact) mass is 237 g/mol. The first-order valence-corrected chi connectivity index (χ1v) is 5.85. The largest absolute Gasteiger partial charge is 0.322 e. The molecule has 1 aromatic heterocycles. The van der Waals surface area contributed by atoms with E-state index in [0.717, 1.165) is 16.4 Å². The van der Waals surface area contributed by atoms with E-state index in [4.69, 9.17) is 0 Å². The number of nitro benzene ring substituents is 1. The van der Waals surface area contributed by atoms with Crippen molar-refractivity contribution in [3.8, 4) is 0 Å². The number of aryl methyl sites for hydroxylation is 1. The van der Waals surface area contributed by atoms with E-state index in [1.807, 2.05) is 18.5 Å². The molecule has 0 saturated carbocycles. The van der Waals surface area contributed by atoms with E-state index in [1.54, 1.807) is 17.8 Å². The van der Waals surface area contributed by atoms with Crippen molar-refractivity contribution >= 4 is 28.5 Å². The van der Waals surface area contributed by atoms with E-state index in [-0.39, 0.29) is 5.69 Å². The summed E-state index contributed by atoms with van der Waals surface area (Å²) >= 11 is 1.62. The van der Waals surface area contributed by atoms with Crippen LogP contribution in [-0.4, -0.2) is 20.2 Å². The fourth-order valence-corrected chi connectivity index (χ4v) is 2.25. The number of thioether (sulfide) groups is 1. The highest BCUT2D eigenvalue weighted by Gasteiger charge is 2.12. The van der Waals surface area contributed by atoms with Gasteiger partial charge in [-0.3, -0.25) is 10.1 Å². The lowest BCUT2D eigenvalue weighted by Crippen LogP contribution is -1.90. The summed E-state index contributed by atoms with van der Waals surface area (Å²) in [6.45, 7) is 2.05. The highest BCUT2D eigenvalue weighted by atomic mass is 32.2. The van der Waals surface area contributed by atoms with Crippen molar-refractivity contribution in [3.63, 3.8) is 0 Å². The number of hydrogen-bond acceptors (Lipinski definition) is 4. The average molecular weight is 237 g/mol.